The van der Waals surface area contributed by atoms with Crippen LogP contribution in [0.25, 0.3) is 10.9 Å². The smallest absolute Gasteiger partial charge is 0.244 e. The molecule has 0 bridgehead atoms. The van der Waals surface area contributed by atoms with Gasteiger partial charge in [0.25, 0.3) is 0 Å². The van der Waals surface area contributed by atoms with Crippen molar-refractivity contribution in [2.24, 2.45) is 0 Å². The fraction of sp³-hybridized carbons (Fsp3) is 0.312. The van der Waals surface area contributed by atoms with Crippen molar-refractivity contribution in [2.75, 3.05) is 6.54 Å². The van der Waals surface area contributed by atoms with Gasteiger partial charge >= 0.3 is 0 Å². The molecule has 6 nitrogen and oxygen atoms in total. The molecule has 0 aliphatic carbocycles. The van der Waals surface area contributed by atoms with E-state index in [1.54, 1.807) is 19.9 Å². The van der Waals surface area contributed by atoms with E-state index in [1.807, 2.05) is 6.92 Å². The molecule has 0 aliphatic rings. The highest BCUT2D eigenvalue weighted by Gasteiger charge is 2.22. The lowest BCUT2D eigenvalue weighted by molar-refractivity contribution is 0.580. The van der Waals surface area contributed by atoms with Crippen LogP contribution in [-0.2, 0) is 16.4 Å². The molecule has 0 aliphatic heterocycles. The average molecular weight is 350 g/mol. The van der Waals surface area contributed by atoms with Crippen LogP contribution >= 0.6 is 0 Å². The maximum Gasteiger partial charge on any atom is 0.244 e. The number of nitrogens with zero attached hydrogens (tertiary/aromatic N) is 1. The molecule has 0 saturated carbocycles. The monoisotopic (exact) mass is 350 g/mol. The van der Waals surface area contributed by atoms with Crippen molar-refractivity contribution < 1.29 is 12.8 Å². The van der Waals surface area contributed by atoms with E-state index in [4.69, 9.17) is 0 Å². The lowest BCUT2D eigenvalue weighted by Crippen LogP contribution is -2.27. The molecular formula is C16H19FN4O2S. The molecule has 0 amide bonds. The predicted octanol–water partition coefficient (Wildman–Crippen LogP) is 2.48. The van der Waals surface area contributed by atoms with E-state index in [0.29, 0.717) is 17.8 Å². The zero-order valence-electron chi connectivity index (χ0n) is 13.7. The molecule has 0 atom stereocenters. The van der Waals surface area contributed by atoms with Crippen LogP contribution in [0.15, 0.2) is 23.1 Å². The Morgan fingerprint density at radius 1 is 1.21 bits per heavy atom. The molecule has 3 aromatic rings. The van der Waals surface area contributed by atoms with Crippen molar-refractivity contribution in [1.82, 2.24) is 19.9 Å². The second kappa shape index (κ2) is 6.03. The summed E-state index contributed by atoms with van der Waals surface area (Å²) in [4.78, 5) is 3.37. The molecule has 1 aromatic carbocycles. The first-order valence-corrected chi connectivity index (χ1v) is 9.06. The van der Waals surface area contributed by atoms with Gasteiger partial charge in [-0.3, -0.25) is 5.10 Å². The first kappa shape index (κ1) is 16.7. The van der Waals surface area contributed by atoms with Crippen molar-refractivity contribution in [3.8, 4) is 0 Å². The van der Waals surface area contributed by atoms with Gasteiger partial charge in [-0.05, 0) is 51.0 Å². The van der Waals surface area contributed by atoms with Gasteiger partial charge in [-0.15, -0.1) is 0 Å². The van der Waals surface area contributed by atoms with Crippen LogP contribution in [0.3, 0.4) is 0 Å². The van der Waals surface area contributed by atoms with Gasteiger partial charge in [0.2, 0.25) is 10.0 Å². The van der Waals surface area contributed by atoms with Crippen molar-refractivity contribution in [1.29, 1.82) is 0 Å². The third kappa shape index (κ3) is 2.94. The van der Waals surface area contributed by atoms with Crippen molar-refractivity contribution in [3.63, 3.8) is 0 Å². The van der Waals surface area contributed by atoms with Crippen molar-refractivity contribution >= 4 is 20.9 Å². The van der Waals surface area contributed by atoms with Gasteiger partial charge in [-0.2, -0.15) is 5.10 Å². The molecule has 0 saturated heterocycles. The Morgan fingerprint density at radius 3 is 2.62 bits per heavy atom. The van der Waals surface area contributed by atoms with Crippen LogP contribution in [0, 0.1) is 26.6 Å². The first-order chi connectivity index (χ1) is 11.3. The summed E-state index contributed by atoms with van der Waals surface area (Å²) in [5.41, 5.74) is 3.60. The van der Waals surface area contributed by atoms with Gasteiger partial charge in [0.1, 0.15) is 10.7 Å². The van der Waals surface area contributed by atoms with E-state index in [2.05, 4.69) is 19.9 Å². The first-order valence-electron chi connectivity index (χ1n) is 7.57. The number of hydrogen-bond donors (Lipinski definition) is 3. The quantitative estimate of drug-likeness (QED) is 0.660. The van der Waals surface area contributed by atoms with Crippen LogP contribution < -0.4 is 4.72 Å². The normalized spacial score (nSPS) is 12.2. The fourth-order valence-corrected chi connectivity index (χ4v) is 4.39. The van der Waals surface area contributed by atoms with Gasteiger partial charge in [0.15, 0.2) is 0 Å². The Hall–Kier alpha value is -2.19. The number of benzene rings is 1. The zero-order valence-corrected chi connectivity index (χ0v) is 14.5. The van der Waals surface area contributed by atoms with Gasteiger partial charge in [-0.25, -0.2) is 17.5 Å². The molecule has 128 valence electrons. The summed E-state index contributed by atoms with van der Waals surface area (Å²) in [6.45, 7) is 5.43. The van der Waals surface area contributed by atoms with Gasteiger partial charge in [-0.1, -0.05) is 0 Å². The van der Waals surface area contributed by atoms with E-state index >= 15 is 0 Å². The fourth-order valence-electron chi connectivity index (χ4n) is 3.00. The molecule has 3 rings (SSSR count). The molecule has 24 heavy (non-hydrogen) atoms. The second-order valence-electron chi connectivity index (χ2n) is 5.83. The van der Waals surface area contributed by atoms with E-state index in [9.17, 15) is 12.8 Å². The third-order valence-corrected chi connectivity index (χ3v) is 5.80. The van der Waals surface area contributed by atoms with E-state index in [0.717, 1.165) is 22.2 Å². The van der Waals surface area contributed by atoms with E-state index < -0.39 is 10.0 Å². The summed E-state index contributed by atoms with van der Waals surface area (Å²) >= 11 is 0. The Kier molecular flexibility index (Phi) is 4.18. The van der Waals surface area contributed by atoms with E-state index in [-0.39, 0.29) is 17.3 Å². The third-order valence-electron chi connectivity index (χ3n) is 4.08. The number of aromatic amines is 2. The number of aryl methyl sites for hydroxylation is 3. The van der Waals surface area contributed by atoms with Crippen molar-refractivity contribution in [2.45, 2.75) is 32.1 Å². The highest BCUT2D eigenvalue weighted by Crippen LogP contribution is 2.23. The minimum absolute atomic E-state index is 0.184. The molecule has 0 unspecified atom stereocenters. The van der Waals surface area contributed by atoms with Gasteiger partial charge in [0.05, 0.1) is 11.4 Å². The summed E-state index contributed by atoms with van der Waals surface area (Å²) in [5.74, 6) is -0.312. The van der Waals surface area contributed by atoms with Crippen molar-refractivity contribution in [3.05, 3.63) is 46.7 Å². The standard InChI is InChI=1S/C16H19FN4O2S/c1-9-13(14-8-12(17)4-5-15(14)19-9)6-7-18-24(22,23)16-10(2)20-21-11(16)3/h4-5,8,18-19H,6-7H2,1-3H3,(H,20,21). The van der Waals surface area contributed by atoms with Gasteiger partial charge in [0, 0.05) is 23.1 Å². The molecule has 0 spiro atoms. The second-order valence-corrected chi connectivity index (χ2v) is 7.53. The highest BCUT2D eigenvalue weighted by atomic mass is 32.2. The molecule has 3 N–H and O–H groups in total. The average Bonchev–Trinajstić information content (AvgIpc) is 2.99. The summed E-state index contributed by atoms with van der Waals surface area (Å²) in [5, 5.41) is 7.36. The maximum absolute atomic E-state index is 13.5. The predicted molar refractivity (Wildman–Crippen MR) is 89.9 cm³/mol. The number of aromatic nitrogens is 3. The van der Waals surface area contributed by atoms with Crippen LogP contribution in [0.1, 0.15) is 22.6 Å². The number of rotatable bonds is 5. The Morgan fingerprint density at radius 2 is 1.96 bits per heavy atom. The van der Waals surface area contributed by atoms with Gasteiger partial charge < -0.3 is 4.98 Å². The minimum atomic E-state index is -3.63. The number of nitrogens with one attached hydrogen (secondary N) is 3. The molecule has 0 radical (unpaired) electrons. The number of halogens is 1. The minimum Gasteiger partial charge on any atom is -0.358 e. The number of fused-ring (bicyclic) bond motifs is 1. The summed E-state index contributed by atoms with van der Waals surface area (Å²) < 4.78 is 40.9. The lowest BCUT2D eigenvalue weighted by Gasteiger charge is -2.07. The Labute approximate surface area is 139 Å². The molecule has 0 fully saturated rings. The molecule has 2 aromatic heterocycles. The summed E-state index contributed by atoms with van der Waals surface area (Å²) in [6, 6.07) is 4.55. The maximum atomic E-state index is 13.5. The summed E-state index contributed by atoms with van der Waals surface area (Å²) in [6.07, 6.45) is 0.463. The molecular weight excluding hydrogens is 331 g/mol. The Bertz CT molecular complexity index is 985. The number of hydrogen-bond acceptors (Lipinski definition) is 3. The number of H-pyrrole nitrogens is 2. The topological polar surface area (TPSA) is 90.6 Å². The molecule has 2 heterocycles. The molecule has 8 heteroatoms. The lowest BCUT2D eigenvalue weighted by atomic mass is 10.1. The van der Waals surface area contributed by atoms with E-state index in [1.165, 1.54) is 12.1 Å². The summed E-state index contributed by atoms with van der Waals surface area (Å²) in [7, 11) is -3.63. The van der Waals surface area contributed by atoms with Crippen LogP contribution in [0.4, 0.5) is 4.39 Å². The largest absolute Gasteiger partial charge is 0.358 e. The van der Waals surface area contributed by atoms with Crippen LogP contribution in [0.5, 0.6) is 0 Å². The van der Waals surface area contributed by atoms with Crippen LogP contribution in [0.2, 0.25) is 0 Å². The zero-order chi connectivity index (χ0) is 17.5. The SMILES string of the molecule is Cc1n[nH]c(C)c1S(=O)(=O)NCCc1c(C)[nH]c2ccc(F)cc12. The Balaban J connectivity index is 1.80. The highest BCUT2D eigenvalue weighted by molar-refractivity contribution is 7.89. The van der Waals surface area contributed by atoms with Crippen LogP contribution in [-0.4, -0.2) is 30.1 Å². The number of sulfonamides is 1.